The summed E-state index contributed by atoms with van der Waals surface area (Å²) in [5.74, 6) is -0.0576. The van der Waals surface area contributed by atoms with Gasteiger partial charge in [0.05, 0.1) is 11.8 Å². The van der Waals surface area contributed by atoms with E-state index in [4.69, 9.17) is 5.11 Å². The standard InChI is InChI=1S/C12H21N3O2/c1-10-11(9-14-15(10)2)12(17)13-7-5-3-4-6-8-16/h9,16H,3-8H2,1-2H3,(H,13,17). The first-order valence-electron chi connectivity index (χ1n) is 6.04. The molecule has 0 aliphatic heterocycles. The number of carbonyl (C=O) groups is 1. The van der Waals surface area contributed by atoms with Crippen LogP contribution in [0.3, 0.4) is 0 Å². The van der Waals surface area contributed by atoms with Gasteiger partial charge in [-0.15, -0.1) is 0 Å². The summed E-state index contributed by atoms with van der Waals surface area (Å²) < 4.78 is 1.69. The zero-order chi connectivity index (χ0) is 12.7. The van der Waals surface area contributed by atoms with Crippen LogP contribution < -0.4 is 5.32 Å². The van der Waals surface area contributed by atoms with E-state index < -0.39 is 0 Å². The van der Waals surface area contributed by atoms with Crippen LogP contribution in [0.25, 0.3) is 0 Å². The molecule has 17 heavy (non-hydrogen) atoms. The number of nitrogens with one attached hydrogen (secondary N) is 1. The maximum absolute atomic E-state index is 11.8. The van der Waals surface area contributed by atoms with Gasteiger partial charge in [-0.2, -0.15) is 5.10 Å². The molecule has 1 aromatic heterocycles. The first kappa shape index (κ1) is 13.7. The fourth-order valence-corrected chi connectivity index (χ4v) is 1.61. The van der Waals surface area contributed by atoms with E-state index in [9.17, 15) is 4.79 Å². The van der Waals surface area contributed by atoms with E-state index in [-0.39, 0.29) is 12.5 Å². The van der Waals surface area contributed by atoms with Crippen molar-refractivity contribution >= 4 is 5.91 Å². The molecule has 1 aromatic rings. The van der Waals surface area contributed by atoms with Crippen molar-refractivity contribution in [2.75, 3.05) is 13.2 Å². The zero-order valence-electron chi connectivity index (χ0n) is 10.6. The summed E-state index contributed by atoms with van der Waals surface area (Å²) in [5, 5.41) is 15.5. The van der Waals surface area contributed by atoms with Gasteiger partial charge in [-0.3, -0.25) is 9.48 Å². The van der Waals surface area contributed by atoms with E-state index in [1.807, 2.05) is 14.0 Å². The highest BCUT2D eigenvalue weighted by Gasteiger charge is 2.11. The molecule has 0 bridgehead atoms. The minimum atomic E-state index is -0.0576. The minimum Gasteiger partial charge on any atom is -0.396 e. The van der Waals surface area contributed by atoms with E-state index in [1.165, 1.54) is 0 Å². The largest absolute Gasteiger partial charge is 0.396 e. The van der Waals surface area contributed by atoms with Crippen molar-refractivity contribution in [3.05, 3.63) is 17.5 Å². The Morgan fingerprint density at radius 3 is 2.71 bits per heavy atom. The molecule has 5 nitrogen and oxygen atoms in total. The van der Waals surface area contributed by atoms with Crippen LogP contribution in [-0.4, -0.2) is 33.9 Å². The van der Waals surface area contributed by atoms with Gasteiger partial charge in [0.2, 0.25) is 0 Å². The monoisotopic (exact) mass is 239 g/mol. The lowest BCUT2D eigenvalue weighted by molar-refractivity contribution is 0.0952. The second-order valence-electron chi connectivity index (χ2n) is 4.16. The van der Waals surface area contributed by atoms with Crippen LogP contribution in [0.4, 0.5) is 0 Å². The Labute approximate surface area is 102 Å². The number of aromatic nitrogens is 2. The number of amides is 1. The van der Waals surface area contributed by atoms with Crippen LogP contribution >= 0.6 is 0 Å². The van der Waals surface area contributed by atoms with Gasteiger partial charge in [-0.05, 0) is 19.8 Å². The number of hydrogen-bond acceptors (Lipinski definition) is 3. The SMILES string of the molecule is Cc1c(C(=O)NCCCCCCO)cnn1C. The Morgan fingerprint density at radius 1 is 1.41 bits per heavy atom. The molecule has 0 spiro atoms. The number of unbranched alkanes of at least 4 members (excludes halogenated alkanes) is 3. The highest BCUT2D eigenvalue weighted by molar-refractivity contribution is 5.94. The van der Waals surface area contributed by atoms with E-state index in [1.54, 1.807) is 10.9 Å². The summed E-state index contributed by atoms with van der Waals surface area (Å²) >= 11 is 0. The van der Waals surface area contributed by atoms with Gasteiger partial charge < -0.3 is 10.4 Å². The van der Waals surface area contributed by atoms with E-state index in [2.05, 4.69) is 10.4 Å². The van der Waals surface area contributed by atoms with Crippen molar-refractivity contribution < 1.29 is 9.90 Å². The molecular formula is C12H21N3O2. The van der Waals surface area contributed by atoms with E-state index >= 15 is 0 Å². The molecule has 0 aliphatic carbocycles. The first-order chi connectivity index (χ1) is 8.16. The van der Waals surface area contributed by atoms with Crippen molar-refractivity contribution in [1.82, 2.24) is 15.1 Å². The Bertz CT molecular complexity index is 361. The number of aliphatic hydroxyl groups excluding tert-OH is 1. The molecule has 96 valence electrons. The maximum Gasteiger partial charge on any atom is 0.254 e. The third kappa shape index (κ3) is 4.19. The predicted molar refractivity (Wildman–Crippen MR) is 65.8 cm³/mol. The van der Waals surface area contributed by atoms with Gasteiger partial charge >= 0.3 is 0 Å². The number of nitrogens with zero attached hydrogens (tertiary/aromatic N) is 2. The molecule has 0 aromatic carbocycles. The molecule has 0 radical (unpaired) electrons. The molecule has 0 atom stereocenters. The molecule has 5 heteroatoms. The van der Waals surface area contributed by atoms with Crippen molar-refractivity contribution in [2.24, 2.45) is 7.05 Å². The molecule has 1 heterocycles. The summed E-state index contributed by atoms with van der Waals surface area (Å²) in [6, 6.07) is 0. The average molecular weight is 239 g/mol. The van der Waals surface area contributed by atoms with Gasteiger partial charge in [-0.1, -0.05) is 12.8 Å². The summed E-state index contributed by atoms with van der Waals surface area (Å²) in [6.07, 6.45) is 5.43. The third-order valence-electron chi connectivity index (χ3n) is 2.85. The summed E-state index contributed by atoms with van der Waals surface area (Å²) in [6.45, 7) is 2.81. The summed E-state index contributed by atoms with van der Waals surface area (Å²) in [4.78, 5) is 11.8. The van der Waals surface area contributed by atoms with Crippen LogP contribution in [-0.2, 0) is 7.05 Å². The fraction of sp³-hybridized carbons (Fsp3) is 0.667. The molecular weight excluding hydrogens is 218 g/mol. The van der Waals surface area contributed by atoms with Crippen LogP contribution in [0, 0.1) is 6.92 Å². The number of aryl methyl sites for hydroxylation is 1. The van der Waals surface area contributed by atoms with Gasteiger partial charge in [0, 0.05) is 25.9 Å². The van der Waals surface area contributed by atoms with Gasteiger partial charge in [0.25, 0.3) is 5.91 Å². The molecule has 0 saturated heterocycles. The summed E-state index contributed by atoms with van der Waals surface area (Å²) in [5.41, 5.74) is 1.52. The maximum atomic E-state index is 11.8. The molecule has 0 unspecified atom stereocenters. The smallest absolute Gasteiger partial charge is 0.254 e. The second-order valence-corrected chi connectivity index (χ2v) is 4.16. The lowest BCUT2D eigenvalue weighted by Gasteiger charge is -2.04. The normalized spacial score (nSPS) is 10.5. The number of carbonyl (C=O) groups excluding carboxylic acids is 1. The Morgan fingerprint density at radius 2 is 2.12 bits per heavy atom. The van der Waals surface area contributed by atoms with Crippen LogP contribution in [0.2, 0.25) is 0 Å². The van der Waals surface area contributed by atoms with E-state index in [0.29, 0.717) is 12.1 Å². The van der Waals surface area contributed by atoms with Gasteiger partial charge in [0.1, 0.15) is 0 Å². The van der Waals surface area contributed by atoms with Crippen molar-refractivity contribution in [3.8, 4) is 0 Å². The van der Waals surface area contributed by atoms with Crippen LogP contribution in [0.5, 0.6) is 0 Å². The number of rotatable bonds is 7. The predicted octanol–water partition coefficient (Wildman–Crippen LogP) is 1.01. The van der Waals surface area contributed by atoms with Crippen LogP contribution in [0.1, 0.15) is 41.7 Å². The average Bonchev–Trinajstić information content (AvgIpc) is 2.64. The first-order valence-corrected chi connectivity index (χ1v) is 6.04. The highest BCUT2D eigenvalue weighted by Crippen LogP contribution is 2.05. The Hall–Kier alpha value is -1.36. The topological polar surface area (TPSA) is 67.2 Å². The molecule has 0 saturated carbocycles. The van der Waals surface area contributed by atoms with Gasteiger partial charge in [-0.25, -0.2) is 0 Å². The third-order valence-corrected chi connectivity index (χ3v) is 2.85. The Balaban J connectivity index is 2.24. The molecule has 1 rings (SSSR count). The summed E-state index contributed by atoms with van der Waals surface area (Å²) in [7, 11) is 1.82. The minimum absolute atomic E-state index is 0.0576. The van der Waals surface area contributed by atoms with Crippen molar-refractivity contribution in [2.45, 2.75) is 32.6 Å². The molecule has 0 fully saturated rings. The Kier molecular flexibility index (Phi) is 5.69. The molecule has 1 amide bonds. The second kappa shape index (κ2) is 7.06. The van der Waals surface area contributed by atoms with Gasteiger partial charge in [0.15, 0.2) is 0 Å². The number of hydrogen-bond donors (Lipinski definition) is 2. The number of aliphatic hydroxyl groups is 1. The van der Waals surface area contributed by atoms with Crippen molar-refractivity contribution in [3.63, 3.8) is 0 Å². The van der Waals surface area contributed by atoms with E-state index in [0.717, 1.165) is 31.4 Å². The molecule has 2 N–H and O–H groups in total. The molecule has 0 aliphatic rings. The fourth-order valence-electron chi connectivity index (χ4n) is 1.61. The van der Waals surface area contributed by atoms with Crippen molar-refractivity contribution in [1.29, 1.82) is 0 Å². The quantitative estimate of drug-likeness (QED) is 0.698. The highest BCUT2D eigenvalue weighted by atomic mass is 16.2. The van der Waals surface area contributed by atoms with Crippen LogP contribution in [0.15, 0.2) is 6.20 Å². The lowest BCUT2D eigenvalue weighted by Crippen LogP contribution is -2.24. The zero-order valence-corrected chi connectivity index (χ0v) is 10.6. The lowest BCUT2D eigenvalue weighted by atomic mass is 10.2.